The van der Waals surface area contributed by atoms with Crippen molar-refractivity contribution < 1.29 is 14.3 Å². The highest BCUT2D eigenvalue weighted by atomic mass is 35.5. The average Bonchev–Trinajstić information content (AvgIpc) is 2.37. The number of nitrogens with zero attached hydrogens (tertiary/aromatic N) is 2. The standard InChI is InChI=1S/C12H10ClN3O3/c1-18-11(17)7-2-4-8(5-3-7)19-10-6-9(13)15-12(14)16-10/h2-6H,1H3,(H2,14,15,16). The molecule has 0 saturated heterocycles. The summed E-state index contributed by atoms with van der Waals surface area (Å²) in [5.74, 6) is 0.319. The highest BCUT2D eigenvalue weighted by molar-refractivity contribution is 6.29. The molecule has 0 spiro atoms. The molecule has 0 amide bonds. The maximum atomic E-state index is 11.3. The summed E-state index contributed by atoms with van der Waals surface area (Å²) >= 11 is 5.73. The molecule has 0 saturated carbocycles. The molecule has 1 aromatic heterocycles. The van der Waals surface area contributed by atoms with Crippen LogP contribution in [0.25, 0.3) is 0 Å². The van der Waals surface area contributed by atoms with Crippen LogP contribution in [-0.4, -0.2) is 23.0 Å². The van der Waals surface area contributed by atoms with Crippen molar-refractivity contribution >= 4 is 23.5 Å². The second-order valence-electron chi connectivity index (χ2n) is 3.51. The van der Waals surface area contributed by atoms with E-state index in [1.165, 1.54) is 13.2 Å². The Bertz CT molecular complexity index is 581. The van der Waals surface area contributed by atoms with E-state index in [-0.39, 0.29) is 17.0 Å². The lowest BCUT2D eigenvalue weighted by Gasteiger charge is -2.06. The molecule has 2 N–H and O–H groups in total. The zero-order valence-corrected chi connectivity index (χ0v) is 10.7. The number of halogens is 1. The van der Waals surface area contributed by atoms with Gasteiger partial charge in [0.05, 0.1) is 12.7 Å². The summed E-state index contributed by atoms with van der Waals surface area (Å²) in [6.45, 7) is 0. The molecule has 1 heterocycles. The molecule has 6 nitrogen and oxygen atoms in total. The van der Waals surface area contributed by atoms with Crippen molar-refractivity contribution in [2.24, 2.45) is 0 Å². The van der Waals surface area contributed by atoms with Crippen molar-refractivity contribution in [2.75, 3.05) is 12.8 Å². The van der Waals surface area contributed by atoms with Crippen LogP contribution in [0.2, 0.25) is 5.15 Å². The number of benzene rings is 1. The normalized spacial score (nSPS) is 10.0. The van der Waals surface area contributed by atoms with Gasteiger partial charge in [0, 0.05) is 6.07 Å². The van der Waals surface area contributed by atoms with Gasteiger partial charge in [-0.25, -0.2) is 9.78 Å². The Labute approximate surface area is 114 Å². The molecular weight excluding hydrogens is 270 g/mol. The summed E-state index contributed by atoms with van der Waals surface area (Å²) < 4.78 is 10.0. The molecule has 7 heteroatoms. The van der Waals surface area contributed by atoms with Gasteiger partial charge >= 0.3 is 5.97 Å². The van der Waals surface area contributed by atoms with Crippen LogP contribution in [0.4, 0.5) is 5.95 Å². The fourth-order valence-corrected chi connectivity index (χ4v) is 1.54. The lowest BCUT2D eigenvalue weighted by atomic mass is 10.2. The Morgan fingerprint density at radius 3 is 2.53 bits per heavy atom. The van der Waals surface area contributed by atoms with Gasteiger partial charge < -0.3 is 15.2 Å². The number of nitrogens with two attached hydrogens (primary N) is 1. The third-order valence-electron chi connectivity index (χ3n) is 2.19. The molecule has 19 heavy (non-hydrogen) atoms. The minimum absolute atomic E-state index is 0.0219. The van der Waals surface area contributed by atoms with Gasteiger partial charge in [-0.15, -0.1) is 0 Å². The second-order valence-corrected chi connectivity index (χ2v) is 3.89. The van der Waals surface area contributed by atoms with E-state index in [2.05, 4.69) is 14.7 Å². The van der Waals surface area contributed by atoms with Crippen molar-refractivity contribution in [2.45, 2.75) is 0 Å². The van der Waals surface area contributed by atoms with Crippen LogP contribution in [-0.2, 0) is 4.74 Å². The molecule has 2 aromatic rings. The van der Waals surface area contributed by atoms with Crippen LogP contribution in [0.3, 0.4) is 0 Å². The molecule has 1 aromatic carbocycles. The molecule has 0 aliphatic heterocycles. The van der Waals surface area contributed by atoms with Crippen LogP contribution in [0.1, 0.15) is 10.4 Å². The first-order valence-corrected chi connectivity index (χ1v) is 5.62. The minimum atomic E-state index is -0.416. The number of rotatable bonds is 3. The van der Waals surface area contributed by atoms with Gasteiger partial charge in [-0.2, -0.15) is 4.98 Å². The summed E-state index contributed by atoms with van der Waals surface area (Å²) in [5.41, 5.74) is 5.87. The highest BCUT2D eigenvalue weighted by Crippen LogP contribution is 2.22. The van der Waals surface area contributed by atoms with E-state index in [1.54, 1.807) is 24.3 Å². The maximum Gasteiger partial charge on any atom is 0.337 e. The first kappa shape index (κ1) is 13.1. The molecule has 98 valence electrons. The minimum Gasteiger partial charge on any atom is -0.465 e. The topological polar surface area (TPSA) is 87.3 Å². The van der Waals surface area contributed by atoms with Crippen molar-refractivity contribution in [1.82, 2.24) is 9.97 Å². The summed E-state index contributed by atoms with van der Waals surface area (Å²) in [7, 11) is 1.32. The van der Waals surface area contributed by atoms with E-state index in [1.807, 2.05) is 0 Å². The number of carbonyl (C=O) groups excluding carboxylic acids is 1. The van der Waals surface area contributed by atoms with Gasteiger partial charge in [-0.05, 0) is 24.3 Å². The zero-order valence-electron chi connectivity index (χ0n) is 9.96. The van der Waals surface area contributed by atoms with E-state index in [0.717, 1.165) is 0 Å². The Morgan fingerprint density at radius 2 is 1.95 bits per heavy atom. The van der Waals surface area contributed by atoms with Gasteiger partial charge in [0.15, 0.2) is 0 Å². The molecule has 0 radical (unpaired) electrons. The number of esters is 1. The average molecular weight is 280 g/mol. The van der Waals surface area contributed by atoms with Gasteiger partial charge in [0.1, 0.15) is 10.9 Å². The number of aromatic nitrogens is 2. The van der Waals surface area contributed by atoms with E-state index >= 15 is 0 Å². The highest BCUT2D eigenvalue weighted by Gasteiger charge is 2.06. The molecule has 0 aliphatic rings. The fourth-order valence-electron chi connectivity index (χ4n) is 1.36. The van der Waals surface area contributed by atoms with Gasteiger partial charge in [0.25, 0.3) is 0 Å². The monoisotopic (exact) mass is 279 g/mol. The molecule has 0 aliphatic carbocycles. The fraction of sp³-hybridized carbons (Fsp3) is 0.0833. The van der Waals surface area contributed by atoms with E-state index in [9.17, 15) is 4.79 Å². The van der Waals surface area contributed by atoms with Crippen LogP contribution >= 0.6 is 11.6 Å². The van der Waals surface area contributed by atoms with Crippen molar-refractivity contribution in [3.8, 4) is 11.6 Å². The quantitative estimate of drug-likeness (QED) is 0.685. The maximum absolute atomic E-state index is 11.3. The summed E-state index contributed by atoms with van der Waals surface area (Å²) in [6, 6.07) is 7.81. The Morgan fingerprint density at radius 1 is 1.26 bits per heavy atom. The predicted octanol–water partition coefficient (Wildman–Crippen LogP) is 2.29. The predicted molar refractivity (Wildman–Crippen MR) is 69.3 cm³/mol. The number of anilines is 1. The molecule has 0 fully saturated rings. The Kier molecular flexibility index (Phi) is 3.82. The lowest BCUT2D eigenvalue weighted by molar-refractivity contribution is 0.0600. The summed E-state index contributed by atoms with van der Waals surface area (Å²) in [6.07, 6.45) is 0. The number of hydrogen-bond donors (Lipinski definition) is 1. The molecule has 0 atom stereocenters. The SMILES string of the molecule is COC(=O)c1ccc(Oc2cc(Cl)nc(N)n2)cc1. The van der Waals surface area contributed by atoms with Crippen molar-refractivity contribution in [1.29, 1.82) is 0 Å². The number of carbonyl (C=O) groups is 1. The van der Waals surface area contributed by atoms with E-state index in [4.69, 9.17) is 22.1 Å². The van der Waals surface area contributed by atoms with Crippen molar-refractivity contribution in [3.63, 3.8) is 0 Å². The van der Waals surface area contributed by atoms with Crippen LogP contribution < -0.4 is 10.5 Å². The second kappa shape index (κ2) is 5.53. The first-order chi connectivity index (χ1) is 9.08. The number of nitrogen functional groups attached to an aromatic ring is 1. The van der Waals surface area contributed by atoms with Gasteiger partial charge in [0.2, 0.25) is 11.8 Å². The van der Waals surface area contributed by atoms with Crippen molar-refractivity contribution in [3.05, 3.63) is 41.0 Å². The Balaban J connectivity index is 2.17. The van der Waals surface area contributed by atoms with Crippen LogP contribution in [0.5, 0.6) is 11.6 Å². The number of ether oxygens (including phenoxy) is 2. The third kappa shape index (κ3) is 3.32. The largest absolute Gasteiger partial charge is 0.465 e. The van der Waals surface area contributed by atoms with Crippen LogP contribution in [0, 0.1) is 0 Å². The molecular formula is C12H10ClN3O3. The summed E-state index contributed by atoms with van der Waals surface area (Å²) in [4.78, 5) is 18.8. The molecule has 2 rings (SSSR count). The lowest BCUT2D eigenvalue weighted by Crippen LogP contribution is -2.00. The molecule has 0 unspecified atom stereocenters. The van der Waals surface area contributed by atoms with E-state index < -0.39 is 5.97 Å². The number of hydrogen-bond acceptors (Lipinski definition) is 6. The third-order valence-corrected chi connectivity index (χ3v) is 2.38. The summed E-state index contributed by atoms with van der Waals surface area (Å²) in [5, 5.41) is 0.189. The first-order valence-electron chi connectivity index (χ1n) is 5.25. The van der Waals surface area contributed by atoms with E-state index in [0.29, 0.717) is 11.3 Å². The number of methoxy groups -OCH3 is 1. The van der Waals surface area contributed by atoms with Gasteiger partial charge in [-0.3, -0.25) is 0 Å². The smallest absolute Gasteiger partial charge is 0.337 e. The Hall–Kier alpha value is -2.34. The van der Waals surface area contributed by atoms with Crippen LogP contribution in [0.15, 0.2) is 30.3 Å². The van der Waals surface area contributed by atoms with Gasteiger partial charge in [-0.1, -0.05) is 11.6 Å². The molecule has 0 bridgehead atoms. The zero-order chi connectivity index (χ0) is 13.8.